The molecule has 2 heteroatoms. The molecule has 0 aliphatic rings. The molecule has 0 aromatic carbocycles. The van der Waals surface area contributed by atoms with E-state index in [1.807, 2.05) is 0 Å². The Balaban J connectivity index is 3.03. The maximum Gasteiger partial charge on any atom is 0.0466 e. The van der Waals surface area contributed by atoms with Crippen molar-refractivity contribution in [3.05, 3.63) is 0 Å². The minimum Gasteiger partial charge on any atom is -0.381 e. The van der Waals surface area contributed by atoms with Gasteiger partial charge in [-0.2, -0.15) is 0 Å². The molecule has 0 radical (unpaired) electrons. The lowest BCUT2D eigenvalue weighted by molar-refractivity contribution is 0.123. The van der Waals surface area contributed by atoms with E-state index < -0.39 is 0 Å². The van der Waals surface area contributed by atoms with Gasteiger partial charge >= 0.3 is 0 Å². The van der Waals surface area contributed by atoms with Crippen molar-refractivity contribution in [2.24, 2.45) is 0 Å². The molecule has 0 N–H and O–H groups in total. The van der Waals surface area contributed by atoms with Gasteiger partial charge in [0, 0.05) is 13.2 Å². The highest BCUT2D eigenvalue weighted by Gasteiger charge is 1.98. The third-order valence-corrected chi connectivity index (χ3v) is 6.05. The van der Waals surface area contributed by atoms with Gasteiger partial charge in [-0.1, -0.05) is 117 Å². The Morgan fingerprint density at radius 1 is 0.429 bits per heavy atom. The molecule has 0 aliphatic carbocycles. The second-order valence-corrected chi connectivity index (χ2v) is 8.65. The first-order chi connectivity index (χ1) is 13.8. The summed E-state index contributed by atoms with van der Waals surface area (Å²) in [4.78, 5) is 2.50. The number of hydrogen-bond donors (Lipinski definition) is 0. The molecule has 0 aromatic rings. The Morgan fingerprint density at radius 2 is 0.786 bits per heavy atom. The van der Waals surface area contributed by atoms with Crippen LogP contribution in [0.5, 0.6) is 0 Å². The zero-order valence-corrected chi connectivity index (χ0v) is 20.1. The summed E-state index contributed by atoms with van der Waals surface area (Å²) >= 11 is 0. The van der Waals surface area contributed by atoms with Crippen LogP contribution >= 0.6 is 0 Å². The molecule has 170 valence electrons. The van der Waals surface area contributed by atoms with Crippen molar-refractivity contribution >= 4 is 0 Å². The summed E-state index contributed by atoms with van der Waals surface area (Å²) in [7, 11) is 0. The van der Waals surface area contributed by atoms with Gasteiger partial charge in [-0.15, -0.1) is 0 Å². The van der Waals surface area contributed by atoms with Gasteiger partial charge in [0.05, 0.1) is 0 Å². The summed E-state index contributed by atoms with van der Waals surface area (Å²) in [6.07, 6.45) is 25.4. The van der Waals surface area contributed by atoms with E-state index in [0.29, 0.717) is 0 Å². The second kappa shape index (κ2) is 25.0. The maximum atomic E-state index is 5.78. The van der Waals surface area contributed by atoms with Crippen LogP contribution in [-0.2, 0) is 4.74 Å². The molecule has 0 unspecified atom stereocenters. The van der Waals surface area contributed by atoms with Crippen LogP contribution in [0.15, 0.2) is 0 Å². The zero-order chi connectivity index (χ0) is 20.5. The minimum atomic E-state index is 0.958. The monoisotopic (exact) mass is 397 g/mol. The number of nitrogens with zero attached hydrogens (tertiary/aromatic N) is 1. The van der Waals surface area contributed by atoms with Crippen molar-refractivity contribution in [3.63, 3.8) is 0 Å². The van der Waals surface area contributed by atoms with E-state index >= 15 is 0 Å². The van der Waals surface area contributed by atoms with E-state index in [2.05, 4.69) is 25.7 Å². The number of ether oxygens (including phenoxy) is 1. The van der Waals surface area contributed by atoms with Crippen LogP contribution < -0.4 is 0 Å². The molecule has 0 amide bonds. The van der Waals surface area contributed by atoms with Crippen LogP contribution in [0.3, 0.4) is 0 Å². The summed E-state index contributed by atoms with van der Waals surface area (Å²) in [6, 6.07) is 0. The van der Waals surface area contributed by atoms with Crippen LogP contribution in [0.4, 0.5) is 0 Å². The van der Waals surface area contributed by atoms with E-state index in [1.54, 1.807) is 0 Å². The number of hydrogen-bond acceptors (Lipinski definition) is 2. The average molecular weight is 398 g/mol. The zero-order valence-electron chi connectivity index (χ0n) is 20.1. The molecule has 0 bridgehead atoms. The fourth-order valence-electron chi connectivity index (χ4n) is 3.93. The molecule has 0 rings (SSSR count). The van der Waals surface area contributed by atoms with Crippen LogP contribution in [0, 0.1) is 0 Å². The Labute approximate surface area is 179 Å². The Hall–Kier alpha value is -0.0800. The molecule has 0 atom stereocenters. The predicted molar refractivity (Wildman–Crippen MR) is 127 cm³/mol. The van der Waals surface area contributed by atoms with E-state index in [1.165, 1.54) is 135 Å². The maximum absolute atomic E-state index is 5.78. The van der Waals surface area contributed by atoms with Crippen LogP contribution in [-0.4, -0.2) is 37.7 Å². The van der Waals surface area contributed by atoms with Crippen molar-refractivity contribution < 1.29 is 4.74 Å². The highest BCUT2D eigenvalue weighted by Crippen LogP contribution is 2.13. The Bertz CT molecular complexity index is 265. The van der Waals surface area contributed by atoms with Crippen LogP contribution in [0.2, 0.25) is 0 Å². The summed E-state index contributed by atoms with van der Waals surface area (Å²) in [5, 5.41) is 0. The highest BCUT2D eigenvalue weighted by atomic mass is 16.5. The third kappa shape index (κ3) is 22.2. The smallest absolute Gasteiger partial charge is 0.0466 e. The number of rotatable bonds is 24. The van der Waals surface area contributed by atoms with Gasteiger partial charge in [0.1, 0.15) is 0 Å². The summed E-state index contributed by atoms with van der Waals surface area (Å²) < 4.78 is 5.78. The summed E-state index contributed by atoms with van der Waals surface area (Å²) in [5.41, 5.74) is 0. The van der Waals surface area contributed by atoms with Crippen molar-refractivity contribution in [2.75, 3.05) is 32.8 Å². The van der Waals surface area contributed by atoms with Gasteiger partial charge in [-0.3, -0.25) is 0 Å². The lowest BCUT2D eigenvalue weighted by Gasteiger charge is -2.17. The first-order valence-corrected chi connectivity index (χ1v) is 13.1. The molecular formula is C26H55NO. The third-order valence-electron chi connectivity index (χ3n) is 6.05. The van der Waals surface area contributed by atoms with Gasteiger partial charge in [0.25, 0.3) is 0 Å². The predicted octanol–water partition coefficient (Wildman–Crippen LogP) is 8.39. The molecule has 0 spiro atoms. The largest absolute Gasteiger partial charge is 0.381 e. The van der Waals surface area contributed by atoms with Gasteiger partial charge in [0.2, 0.25) is 0 Å². The van der Waals surface area contributed by atoms with Crippen LogP contribution in [0.1, 0.15) is 136 Å². The van der Waals surface area contributed by atoms with Gasteiger partial charge in [0.15, 0.2) is 0 Å². The van der Waals surface area contributed by atoms with E-state index in [-0.39, 0.29) is 0 Å². The molecule has 0 heterocycles. The molecule has 0 aliphatic heterocycles. The lowest BCUT2D eigenvalue weighted by Crippen LogP contribution is -2.24. The average Bonchev–Trinajstić information content (AvgIpc) is 2.72. The van der Waals surface area contributed by atoms with Gasteiger partial charge < -0.3 is 9.64 Å². The van der Waals surface area contributed by atoms with E-state index in [9.17, 15) is 0 Å². The number of unbranched alkanes of at least 4 members (excludes halogenated alkanes) is 16. The normalized spacial score (nSPS) is 11.6. The lowest BCUT2D eigenvalue weighted by atomic mass is 10.0. The second-order valence-electron chi connectivity index (χ2n) is 8.65. The van der Waals surface area contributed by atoms with Gasteiger partial charge in [-0.25, -0.2) is 0 Å². The molecule has 28 heavy (non-hydrogen) atoms. The topological polar surface area (TPSA) is 12.5 Å². The molecule has 2 nitrogen and oxygen atoms in total. The van der Waals surface area contributed by atoms with Gasteiger partial charge in [-0.05, 0) is 38.9 Å². The fourth-order valence-corrected chi connectivity index (χ4v) is 3.93. The first-order valence-electron chi connectivity index (χ1n) is 13.1. The molecule has 0 saturated heterocycles. The highest BCUT2D eigenvalue weighted by molar-refractivity contribution is 4.53. The summed E-state index contributed by atoms with van der Waals surface area (Å²) in [5.74, 6) is 0. The minimum absolute atomic E-state index is 0.958. The van der Waals surface area contributed by atoms with Crippen molar-refractivity contribution in [1.82, 2.24) is 4.90 Å². The van der Waals surface area contributed by atoms with Crippen molar-refractivity contribution in [3.8, 4) is 0 Å². The van der Waals surface area contributed by atoms with Crippen molar-refractivity contribution in [1.29, 1.82) is 0 Å². The standard InChI is InChI=1S/C26H55NO/c1-4-7-8-9-10-11-12-13-14-15-16-17-18-19-20-22-25-28-26-23-21-24-27(5-2)6-3/h4-26H2,1-3H3. The Morgan fingerprint density at radius 3 is 1.18 bits per heavy atom. The molecule has 0 saturated carbocycles. The first kappa shape index (κ1) is 27.9. The van der Waals surface area contributed by atoms with Crippen LogP contribution in [0.25, 0.3) is 0 Å². The van der Waals surface area contributed by atoms with E-state index in [0.717, 1.165) is 13.2 Å². The van der Waals surface area contributed by atoms with Crippen molar-refractivity contribution in [2.45, 2.75) is 136 Å². The molecular weight excluding hydrogens is 342 g/mol. The molecule has 0 fully saturated rings. The fraction of sp³-hybridized carbons (Fsp3) is 1.00. The Kier molecular flexibility index (Phi) is 24.9. The SMILES string of the molecule is CCCCCCCCCCCCCCCCCCOCCCCN(CC)CC. The molecule has 0 aromatic heterocycles. The summed E-state index contributed by atoms with van der Waals surface area (Å²) in [6.45, 7) is 12.3. The van der Waals surface area contributed by atoms with E-state index in [4.69, 9.17) is 4.74 Å². The quantitative estimate of drug-likeness (QED) is 0.152.